The largest absolute Gasteiger partial charge is 0.468 e. The number of hydrogen-bond acceptors (Lipinski definition) is 4. The van der Waals surface area contributed by atoms with E-state index in [4.69, 9.17) is 4.74 Å². The van der Waals surface area contributed by atoms with E-state index in [9.17, 15) is 4.79 Å². The quantitative estimate of drug-likeness (QED) is 0.663. The van der Waals surface area contributed by atoms with Crippen molar-refractivity contribution in [3.8, 4) is 0 Å². The van der Waals surface area contributed by atoms with Crippen molar-refractivity contribution in [1.82, 2.24) is 5.32 Å². The van der Waals surface area contributed by atoms with Gasteiger partial charge in [0.25, 0.3) is 0 Å². The fourth-order valence-corrected chi connectivity index (χ4v) is 3.43. The Bertz CT molecular complexity index is 475. The Morgan fingerprint density at radius 1 is 1.42 bits per heavy atom. The number of fused-ring (bicyclic) bond motifs is 1. The minimum atomic E-state index is -0.640. The second-order valence-electron chi connectivity index (χ2n) is 5.15. The highest BCUT2D eigenvalue weighted by molar-refractivity contribution is 7.99. The third-order valence-corrected chi connectivity index (χ3v) is 5.09. The first-order valence-corrected chi connectivity index (χ1v) is 7.59. The molecule has 1 unspecified atom stereocenters. The zero-order chi connectivity index (χ0) is 13.9. The molecule has 1 aromatic rings. The number of ether oxygens (including phenoxy) is 1. The second-order valence-corrected chi connectivity index (χ2v) is 6.20. The summed E-state index contributed by atoms with van der Waals surface area (Å²) < 4.78 is 4.85. The van der Waals surface area contributed by atoms with Crippen LogP contribution in [0.5, 0.6) is 0 Å². The molecule has 1 aromatic carbocycles. The smallest absolute Gasteiger partial charge is 0.326 e. The molecular formula is C15H21NO2S. The summed E-state index contributed by atoms with van der Waals surface area (Å²) in [6.07, 6.45) is 3.65. The summed E-state index contributed by atoms with van der Waals surface area (Å²) in [7, 11) is 3.22. The molecule has 0 amide bonds. The molecule has 0 radical (unpaired) electrons. The summed E-state index contributed by atoms with van der Waals surface area (Å²) in [6.45, 7) is 1.87. The number of likely N-dealkylation sites (N-methyl/N-ethyl adjacent to an activating group) is 1. The Balaban J connectivity index is 2.03. The molecule has 1 aliphatic rings. The van der Waals surface area contributed by atoms with Crippen LogP contribution in [-0.4, -0.2) is 31.4 Å². The van der Waals surface area contributed by atoms with Crippen LogP contribution in [0.1, 0.15) is 24.5 Å². The van der Waals surface area contributed by atoms with E-state index in [-0.39, 0.29) is 5.97 Å². The van der Waals surface area contributed by atoms with Crippen LogP contribution in [0.15, 0.2) is 23.1 Å². The van der Waals surface area contributed by atoms with E-state index >= 15 is 0 Å². The van der Waals surface area contributed by atoms with Gasteiger partial charge in [-0.2, -0.15) is 0 Å². The van der Waals surface area contributed by atoms with E-state index < -0.39 is 5.54 Å². The monoisotopic (exact) mass is 279 g/mol. The van der Waals surface area contributed by atoms with Gasteiger partial charge in [-0.05, 0) is 56.5 Å². The van der Waals surface area contributed by atoms with Crippen LogP contribution in [0.4, 0.5) is 0 Å². The van der Waals surface area contributed by atoms with Crippen LogP contribution < -0.4 is 5.32 Å². The van der Waals surface area contributed by atoms with Crippen molar-refractivity contribution in [3.63, 3.8) is 0 Å². The van der Waals surface area contributed by atoms with Gasteiger partial charge < -0.3 is 10.1 Å². The third-order valence-electron chi connectivity index (χ3n) is 3.79. The Morgan fingerprint density at radius 3 is 2.84 bits per heavy atom. The summed E-state index contributed by atoms with van der Waals surface area (Å²) in [5.74, 6) is 0.443. The van der Waals surface area contributed by atoms with E-state index in [0.717, 1.165) is 0 Å². The van der Waals surface area contributed by atoms with Gasteiger partial charge in [0.05, 0.1) is 7.11 Å². The van der Waals surface area contributed by atoms with Crippen LogP contribution in [0.2, 0.25) is 0 Å². The molecule has 104 valence electrons. The number of rotatable bonds is 5. The van der Waals surface area contributed by atoms with Crippen LogP contribution in [0, 0.1) is 0 Å². The van der Waals surface area contributed by atoms with Crippen LogP contribution >= 0.6 is 11.8 Å². The first kappa shape index (κ1) is 14.4. The predicted molar refractivity (Wildman–Crippen MR) is 78.7 cm³/mol. The lowest BCUT2D eigenvalue weighted by Crippen LogP contribution is -2.50. The van der Waals surface area contributed by atoms with Gasteiger partial charge in [0.2, 0.25) is 0 Å². The second kappa shape index (κ2) is 5.97. The first-order chi connectivity index (χ1) is 9.09. The maximum Gasteiger partial charge on any atom is 0.326 e. The molecule has 2 rings (SSSR count). The fourth-order valence-electron chi connectivity index (χ4n) is 2.32. The number of carbonyl (C=O) groups excluding carboxylic acids is 1. The maximum absolute atomic E-state index is 11.8. The molecular weight excluding hydrogens is 258 g/mol. The number of esters is 1. The summed E-state index contributed by atoms with van der Waals surface area (Å²) in [5.41, 5.74) is 2.31. The summed E-state index contributed by atoms with van der Waals surface area (Å²) in [6, 6.07) is 6.64. The molecule has 0 saturated heterocycles. The van der Waals surface area contributed by atoms with Crippen molar-refractivity contribution in [1.29, 1.82) is 0 Å². The number of methoxy groups -OCH3 is 1. The topological polar surface area (TPSA) is 38.3 Å². The number of benzene rings is 1. The fraction of sp³-hybridized carbons (Fsp3) is 0.533. The van der Waals surface area contributed by atoms with Crippen molar-refractivity contribution in [2.45, 2.75) is 36.6 Å². The minimum Gasteiger partial charge on any atom is -0.468 e. The summed E-state index contributed by atoms with van der Waals surface area (Å²) in [4.78, 5) is 13.0. The lowest BCUT2D eigenvalue weighted by Gasteiger charge is -2.25. The van der Waals surface area contributed by atoms with Gasteiger partial charge in [-0.25, -0.2) is 0 Å². The van der Waals surface area contributed by atoms with Crippen molar-refractivity contribution >= 4 is 17.7 Å². The minimum absolute atomic E-state index is 0.219. The van der Waals surface area contributed by atoms with Gasteiger partial charge in [-0.1, -0.05) is 6.07 Å². The van der Waals surface area contributed by atoms with Gasteiger partial charge in [0.1, 0.15) is 5.54 Å². The van der Waals surface area contributed by atoms with Gasteiger partial charge >= 0.3 is 5.97 Å². The molecule has 1 aliphatic carbocycles. The van der Waals surface area contributed by atoms with Gasteiger partial charge in [-0.3, -0.25) is 4.79 Å². The van der Waals surface area contributed by atoms with E-state index in [1.165, 1.54) is 42.4 Å². The van der Waals surface area contributed by atoms with E-state index in [2.05, 4.69) is 23.5 Å². The molecule has 1 atom stereocenters. The van der Waals surface area contributed by atoms with Gasteiger partial charge in [-0.15, -0.1) is 11.8 Å². The Kier molecular flexibility index (Phi) is 4.53. The first-order valence-electron chi connectivity index (χ1n) is 6.61. The van der Waals surface area contributed by atoms with Crippen molar-refractivity contribution in [3.05, 3.63) is 29.3 Å². The van der Waals surface area contributed by atoms with Crippen LogP contribution in [0.25, 0.3) is 0 Å². The number of thioether (sulfide) groups is 1. The molecule has 0 fully saturated rings. The molecule has 0 bridgehead atoms. The molecule has 4 heteroatoms. The normalized spacial score (nSPS) is 16.8. The molecule has 19 heavy (non-hydrogen) atoms. The average molecular weight is 279 g/mol. The molecule has 0 heterocycles. The zero-order valence-electron chi connectivity index (χ0n) is 11.8. The number of nitrogens with one attached hydrogen (secondary N) is 1. The number of hydrogen-bond donors (Lipinski definition) is 1. The van der Waals surface area contributed by atoms with Crippen molar-refractivity contribution in [2.75, 3.05) is 19.9 Å². The third kappa shape index (κ3) is 3.12. The Hall–Kier alpha value is -1.00. The molecule has 3 nitrogen and oxygen atoms in total. The highest BCUT2D eigenvalue weighted by Gasteiger charge is 2.32. The Morgan fingerprint density at radius 2 is 2.16 bits per heavy atom. The van der Waals surface area contributed by atoms with Crippen LogP contribution in [0.3, 0.4) is 0 Å². The van der Waals surface area contributed by atoms with E-state index in [0.29, 0.717) is 5.75 Å². The molecule has 1 N–H and O–H groups in total. The van der Waals surface area contributed by atoms with Crippen LogP contribution in [-0.2, 0) is 22.4 Å². The number of aryl methyl sites for hydroxylation is 2. The SMILES string of the molecule is CNC(C)(CSc1ccc2c(c1)CCC2)C(=O)OC. The molecule has 0 spiro atoms. The van der Waals surface area contributed by atoms with E-state index in [1.807, 2.05) is 6.92 Å². The maximum atomic E-state index is 11.8. The lowest BCUT2D eigenvalue weighted by molar-refractivity contribution is -0.146. The number of carbonyl (C=O) groups is 1. The highest BCUT2D eigenvalue weighted by atomic mass is 32.2. The van der Waals surface area contributed by atoms with Crippen molar-refractivity contribution < 1.29 is 9.53 Å². The highest BCUT2D eigenvalue weighted by Crippen LogP contribution is 2.29. The summed E-state index contributed by atoms with van der Waals surface area (Å²) in [5, 5.41) is 3.06. The molecule has 0 aromatic heterocycles. The predicted octanol–water partition coefficient (Wildman–Crippen LogP) is 2.42. The Labute approximate surface area is 119 Å². The zero-order valence-corrected chi connectivity index (χ0v) is 12.6. The summed E-state index contributed by atoms with van der Waals surface area (Å²) >= 11 is 1.70. The lowest BCUT2D eigenvalue weighted by atomic mass is 10.1. The van der Waals surface area contributed by atoms with Gasteiger partial charge in [0, 0.05) is 10.6 Å². The van der Waals surface area contributed by atoms with Crippen molar-refractivity contribution in [2.24, 2.45) is 0 Å². The average Bonchev–Trinajstić information content (AvgIpc) is 2.91. The van der Waals surface area contributed by atoms with Gasteiger partial charge in [0.15, 0.2) is 0 Å². The van der Waals surface area contributed by atoms with E-state index in [1.54, 1.807) is 18.8 Å². The molecule has 0 saturated carbocycles. The standard InChI is InChI=1S/C15H21NO2S/c1-15(16-2,14(17)18-3)10-19-13-8-7-11-5-4-6-12(11)9-13/h7-9,16H,4-6,10H2,1-3H3. The molecule has 0 aliphatic heterocycles.